The molecule has 0 saturated carbocycles. The van der Waals surface area contributed by atoms with Crippen LogP contribution in [0.1, 0.15) is 12.5 Å². The lowest BCUT2D eigenvalue weighted by atomic mass is 10.2. The molecule has 1 atom stereocenters. The lowest BCUT2D eigenvalue weighted by Crippen LogP contribution is -2.26. The zero-order chi connectivity index (χ0) is 18.2. The van der Waals surface area contributed by atoms with E-state index in [0.29, 0.717) is 17.2 Å². The van der Waals surface area contributed by atoms with Crippen molar-refractivity contribution in [3.05, 3.63) is 53.8 Å². The number of anilines is 1. The van der Waals surface area contributed by atoms with Gasteiger partial charge in [-0.1, -0.05) is 5.16 Å². The largest absolute Gasteiger partial charge is 0.493 e. The van der Waals surface area contributed by atoms with Crippen molar-refractivity contribution in [3.8, 4) is 11.5 Å². The van der Waals surface area contributed by atoms with Gasteiger partial charge in [0.2, 0.25) is 6.10 Å². The minimum Gasteiger partial charge on any atom is -0.493 e. The number of carbonyl (C=O) groups is 1. The number of hydrogen-bond donors (Lipinski definition) is 1. The summed E-state index contributed by atoms with van der Waals surface area (Å²) in [6, 6.07) is 10.7. The normalized spacial score (nSPS) is 11.8. The van der Waals surface area contributed by atoms with Gasteiger partial charge in [-0.2, -0.15) is 0 Å². The zero-order valence-electron chi connectivity index (χ0n) is 14.2. The fraction of sp³-hybridized carbons (Fsp3) is 0.222. The van der Waals surface area contributed by atoms with E-state index in [1.54, 1.807) is 32.2 Å². The van der Waals surface area contributed by atoms with Crippen LogP contribution < -0.4 is 14.8 Å². The molecule has 2 rings (SSSR count). The van der Waals surface area contributed by atoms with Crippen LogP contribution in [0.2, 0.25) is 0 Å². The number of benzene rings is 2. The van der Waals surface area contributed by atoms with Gasteiger partial charge in [0.05, 0.1) is 20.4 Å². The second-order valence-corrected chi connectivity index (χ2v) is 5.09. The van der Waals surface area contributed by atoms with Crippen molar-refractivity contribution < 1.29 is 23.5 Å². The highest BCUT2D eigenvalue weighted by Gasteiger charge is 2.14. The van der Waals surface area contributed by atoms with Gasteiger partial charge in [0.1, 0.15) is 5.82 Å². The molecule has 0 aliphatic rings. The van der Waals surface area contributed by atoms with Crippen LogP contribution in [0.4, 0.5) is 10.1 Å². The molecule has 0 aliphatic carbocycles. The van der Waals surface area contributed by atoms with Crippen molar-refractivity contribution in [1.29, 1.82) is 0 Å². The molecule has 7 heteroatoms. The smallest absolute Gasteiger partial charge is 0.267 e. The van der Waals surface area contributed by atoms with Crippen molar-refractivity contribution in [2.75, 3.05) is 19.5 Å². The molecule has 132 valence electrons. The Morgan fingerprint density at radius 1 is 1.12 bits per heavy atom. The van der Waals surface area contributed by atoms with Crippen LogP contribution in [-0.4, -0.2) is 32.4 Å². The predicted molar refractivity (Wildman–Crippen MR) is 92.7 cm³/mol. The Kier molecular flexibility index (Phi) is 6.33. The van der Waals surface area contributed by atoms with E-state index in [9.17, 15) is 9.18 Å². The van der Waals surface area contributed by atoms with Crippen LogP contribution in [0.25, 0.3) is 0 Å². The number of halogens is 1. The van der Waals surface area contributed by atoms with Gasteiger partial charge in [0, 0.05) is 11.3 Å². The van der Waals surface area contributed by atoms with E-state index < -0.39 is 12.0 Å². The quantitative estimate of drug-likeness (QED) is 0.617. The van der Waals surface area contributed by atoms with E-state index in [1.807, 2.05) is 0 Å². The molecule has 0 aliphatic heterocycles. The maximum Gasteiger partial charge on any atom is 0.267 e. The summed E-state index contributed by atoms with van der Waals surface area (Å²) in [5, 5.41) is 6.42. The van der Waals surface area contributed by atoms with Crippen molar-refractivity contribution in [2.45, 2.75) is 13.0 Å². The van der Waals surface area contributed by atoms with Crippen LogP contribution in [0.3, 0.4) is 0 Å². The Morgan fingerprint density at radius 3 is 2.44 bits per heavy atom. The maximum absolute atomic E-state index is 12.8. The van der Waals surface area contributed by atoms with Gasteiger partial charge in [-0.05, 0) is 49.4 Å². The summed E-state index contributed by atoms with van der Waals surface area (Å²) in [6.07, 6.45) is 0.644. The van der Waals surface area contributed by atoms with E-state index >= 15 is 0 Å². The first-order valence-electron chi connectivity index (χ1n) is 7.51. The average molecular weight is 346 g/mol. The lowest BCUT2D eigenvalue weighted by molar-refractivity contribution is -0.126. The third-order valence-corrected chi connectivity index (χ3v) is 3.31. The van der Waals surface area contributed by atoms with Crippen LogP contribution in [-0.2, 0) is 9.63 Å². The van der Waals surface area contributed by atoms with E-state index in [-0.39, 0.29) is 5.82 Å². The molecule has 2 aromatic rings. The molecule has 6 nitrogen and oxygen atoms in total. The highest BCUT2D eigenvalue weighted by atomic mass is 19.1. The molecule has 0 fully saturated rings. The molecule has 25 heavy (non-hydrogen) atoms. The molecule has 0 spiro atoms. The van der Waals surface area contributed by atoms with Crippen molar-refractivity contribution in [3.63, 3.8) is 0 Å². The molecule has 0 aromatic heterocycles. The summed E-state index contributed by atoms with van der Waals surface area (Å²) in [7, 11) is 3.09. The van der Waals surface area contributed by atoms with Crippen molar-refractivity contribution in [1.82, 2.24) is 0 Å². The Labute approximate surface area is 145 Å². The topological polar surface area (TPSA) is 69.2 Å². The fourth-order valence-electron chi connectivity index (χ4n) is 1.94. The number of ether oxygens (including phenoxy) is 2. The van der Waals surface area contributed by atoms with Gasteiger partial charge in [-0.3, -0.25) is 4.79 Å². The Bertz CT molecular complexity index is 747. The van der Waals surface area contributed by atoms with Crippen molar-refractivity contribution >= 4 is 17.8 Å². The minimum absolute atomic E-state index is 0.373. The molecule has 0 bridgehead atoms. The summed E-state index contributed by atoms with van der Waals surface area (Å²) in [5.41, 5.74) is 1.20. The van der Waals surface area contributed by atoms with Gasteiger partial charge in [0.25, 0.3) is 5.91 Å². The van der Waals surface area contributed by atoms with Gasteiger partial charge < -0.3 is 19.6 Å². The number of methoxy groups -OCH3 is 2. The molecular weight excluding hydrogens is 327 g/mol. The van der Waals surface area contributed by atoms with Gasteiger partial charge in [0.15, 0.2) is 11.5 Å². The van der Waals surface area contributed by atoms with E-state index in [4.69, 9.17) is 14.3 Å². The number of rotatable bonds is 7. The number of hydrogen-bond acceptors (Lipinski definition) is 5. The maximum atomic E-state index is 12.8. The van der Waals surface area contributed by atoms with Gasteiger partial charge in [-0.15, -0.1) is 0 Å². The summed E-state index contributed by atoms with van der Waals surface area (Å²) in [4.78, 5) is 17.1. The number of nitrogens with one attached hydrogen (secondary N) is 1. The van der Waals surface area contributed by atoms with Crippen LogP contribution in [0.15, 0.2) is 47.6 Å². The number of carbonyl (C=O) groups excluding carboxylic acids is 1. The third-order valence-electron chi connectivity index (χ3n) is 3.31. The summed E-state index contributed by atoms with van der Waals surface area (Å²) in [6.45, 7) is 1.56. The summed E-state index contributed by atoms with van der Waals surface area (Å²) in [5.74, 6) is 0.402. The second kappa shape index (κ2) is 8.68. The predicted octanol–water partition coefficient (Wildman–Crippen LogP) is 3.22. The third kappa shape index (κ3) is 5.20. The van der Waals surface area contributed by atoms with Crippen LogP contribution in [0.5, 0.6) is 11.5 Å². The lowest BCUT2D eigenvalue weighted by Gasteiger charge is -2.10. The van der Waals surface area contributed by atoms with Gasteiger partial charge in [-0.25, -0.2) is 4.39 Å². The summed E-state index contributed by atoms with van der Waals surface area (Å²) < 4.78 is 23.2. The average Bonchev–Trinajstić information content (AvgIpc) is 2.63. The second-order valence-electron chi connectivity index (χ2n) is 5.09. The Morgan fingerprint density at radius 2 is 1.80 bits per heavy atom. The molecule has 0 saturated heterocycles. The fourth-order valence-corrected chi connectivity index (χ4v) is 1.94. The first-order chi connectivity index (χ1) is 12.0. The Hall–Kier alpha value is -3.09. The highest BCUT2D eigenvalue weighted by Crippen LogP contribution is 2.26. The number of amides is 1. The molecule has 0 heterocycles. The molecule has 2 aromatic carbocycles. The van der Waals surface area contributed by atoms with Crippen LogP contribution in [0, 0.1) is 5.82 Å². The van der Waals surface area contributed by atoms with E-state index in [0.717, 1.165) is 5.56 Å². The van der Waals surface area contributed by atoms with E-state index in [1.165, 1.54) is 37.6 Å². The minimum atomic E-state index is -0.818. The Balaban J connectivity index is 1.92. The van der Waals surface area contributed by atoms with Gasteiger partial charge >= 0.3 is 0 Å². The first-order valence-corrected chi connectivity index (χ1v) is 7.51. The SMILES string of the molecule is COc1ccc(/C=N/OC(C)C(=O)Nc2ccc(F)cc2)cc1OC. The molecule has 1 unspecified atom stereocenters. The molecule has 1 N–H and O–H groups in total. The standard InChI is InChI=1S/C18H19FN2O4/c1-12(18(22)21-15-7-5-14(19)6-8-15)25-20-11-13-4-9-16(23-2)17(10-13)24-3/h4-12H,1-3H3,(H,21,22)/b20-11+. The van der Waals surface area contributed by atoms with E-state index in [2.05, 4.69) is 10.5 Å². The first kappa shape index (κ1) is 18.3. The molecule has 1 amide bonds. The molecule has 0 radical (unpaired) electrons. The number of nitrogens with zero attached hydrogens (tertiary/aromatic N) is 1. The van der Waals surface area contributed by atoms with Crippen molar-refractivity contribution in [2.24, 2.45) is 5.16 Å². The van der Waals surface area contributed by atoms with Crippen LogP contribution >= 0.6 is 0 Å². The monoisotopic (exact) mass is 346 g/mol. The highest BCUT2D eigenvalue weighted by molar-refractivity contribution is 5.93. The molecular formula is C18H19FN2O4. The summed E-state index contributed by atoms with van der Waals surface area (Å²) >= 11 is 0. The zero-order valence-corrected chi connectivity index (χ0v) is 14.2. The number of oxime groups is 1.